The second-order valence-corrected chi connectivity index (χ2v) is 12.7. The van der Waals surface area contributed by atoms with Crippen molar-refractivity contribution in [2.75, 3.05) is 6.61 Å². The van der Waals surface area contributed by atoms with Crippen molar-refractivity contribution in [3.8, 4) is 0 Å². The molecule has 2 unspecified atom stereocenters. The minimum atomic E-state index is -0.346. The molecular formula is C14H28O2S2Sn. The van der Waals surface area contributed by atoms with Gasteiger partial charge in [-0.05, 0) is 0 Å². The first kappa shape index (κ1) is 18.5. The maximum atomic E-state index is 5.95. The quantitative estimate of drug-likeness (QED) is 0.154. The molecule has 0 aromatic heterocycles. The Morgan fingerprint density at radius 3 is 2.47 bits per heavy atom. The van der Waals surface area contributed by atoms with Gasteiger partial charge in [0.15, 0.2) is 0 Å². The Morgan fingerprint density at radius 1 is 1.16 bits per heavy atom. The average Bonchev–Trinajstić information content (AvgIpc) is 3.17. The summed E-state index contributed by atoms with van der Waals surface area (Å²) in [4.78, 5) is 0. The van der Waals surface area contributed by atoms with E-state index in [1.54, 1.807) is 0 Å². The van der Waals surface area contributed by atoms with Crippen LogP contribution in [0.15, 0.2) is 0 Å². The molecule has 1 heterocycles. The van der Waals surface area contributed by atoms with Crippen molar-refractivity contribution < 1.29 is 8.92 Å². The molecule has 0 aromatic carbocycles. The van der Waals surface area contributed by atoms with Gasteiger partial charge in [-0.15, -0.1) is 0 Å². The summed E-state index contributed by atoms with van der Waals surface area (Å²) in [5.41, 5.74) is 0. The molecule has 0 aliphatic carbocycles. The first-order valence-electron chi connectivity index (χ1n) is 7.64. The van der Waals surface area contributed by atoms with Crippen LogP contribution in [0.1, 0.15) is 65.2 Å². The van der Waals surface area contributed by atoms with Crippen LogP contribution < -0.4 is 0 Å². The fourth-order valence-electron chi connectivity index (χ4n) is 1.91. The van der Waals surface area contributed by atoms with E-state index in [1.807, 2.05) is 0 Å². The number of thiol groups is 1. The predicted octanol–water partition coefficient (Wildman–Crippen LogP) is 4.87. The van der Waals surface area contributed by atoms with E-state index in [0.29, 0.717) is 3.27 Å². The Balaban J connectivity index is 2.01. The van der Waals surface area contributed by atoms with Crippen LogP contribution in [0.2, 0.25) is 4.44 Å². The molecule has 1 rings (SSSR count). The Kier molecular flexibility index (Phi) is 10.7. The van der Waals surface area contributed by atoms with E-state index in [1.165, 1.54) is 61.4 Å². The molecule has 1 fully saturated rings. The molecular weight excluding hydrogens is 383 g/mol. The predicted molar refractivity (Wildman–Crippen MR) is 89.0 cm³/mol. The molecule has 1 aliphatic heterocycles. The van der Waals surface area contributed by atoms with Crippen LogP contribution in [0, 0.1) is 0 Å². The number of ether oxygens (including phenoxy) is 1. The first-order valence-corrected chi connectivity index (χ1v) is 12.6. The van der Waals surface area contributed by atoms with Crippen molar-refractivity contribution >= 4 is 45.8 Å². The standard InChI is InChI=1S/C10H19O2S2.C4H9.Sn/c1-2-3-4-5-6-7-10(12-14-10)11-8-9-13;1-3-4-2;/h9,13H,2-8H2,1H3;1,3-4H2,2H3;. The molecule has 1 saturated heterocycles. The fourth-order valence-corrected chi connectivity index (χ4v) is 6.53. The van der Waals surface area contributed by atoms with Gasteiger partial charge in [-0.3, -0.25) is 0 Å². The number of unbranched alkanes of at least 4 members (excludes halogenated alkanes) is 5. The van der Waals surface area contributed by atoms with E-state index in [4.69, 9.17) is 8.92 Å². The summed E-state index contributed by atoms with van der Waals surface area (Å²) in [6.07, 6.45) is 10.3. The zero-order valence-electron chi connectivity index (χ0n) is 12.3. The van der Waals surface area contributed by atoms with Crippen LogP contribution in [0.4, 0.5) is 0 Å². The zero-order valence-corrected chi connectivity index (χ0v) is 16.9. The van der Waals surface area contributed by atoms with Crippen molar-refractivity contribution in [3.63, 3.8) is 0 Å². The Hall–Kier alpha value is 1.42. The summed E-state index contributed by atoms with van der Waals surface area (Å²) >= 11 is 5.83. The van der Waals surface area contributed by atoms with E-state index in [-0.39, 0.29) is 26.3 Å². The SMILES string of the molecule is CCCCCCCC1(OC[CH](S)[Sn][CH2]CCC)OS1. The summed E-state index contributed by atoms with van der Waals surface area (Å²) in [5, 5.41) is -0.280. The number of hydrogen-bond donors (Lipinski definition) is 1. The Morgan fingerprint density at radius 2 is 1.84 bits per heavy atom. The van der Waals surface area contributed by atoms with E-state index in [2.05, 4.69) is 26.5 Å². The van der Waals surface area contributed by atoms with Gasteiger partial charge in [0.05, 0.1) is 0 Å². The van der Waals surface area contributed by atoms with E-state index in [9.17, 15) is 0 Å². The fraction of sp³-hybridized carbons (Fsp3) is 1.00. The molecule has 1 aliphatic rings. The molecule has 0 amide bonds. The Labute approximate surface area is 139 Å². The zero-order chi connectivity index (χ0) is 14.0. The van der Waals surface area contributed by atoms with Crippen molar-refractivity contribution in [2.45, 2.75) is 78.0 Å². The van der Waals surface area contributed by atoms with Crippen LogP contribution in [-0.4, -0.2) is 36.1 Å². The van der Waals surface area contributed by atoms with Gasteiger partial charge in [0.2, 0.25) is 0 Å². The van der Waals surface area contributed by atoms with Crippen molar-refractivity contribution in [2.24, 2.45) is 0 Å². The van der Waals surface area contributed by atoms with Crippen LogP contribution >= 0.6 is 24.7 Å². The summed E-state index contributed by atoms with van der Waals surface area (Å²) in [6.45, 7) is 5.30. The van der Waals surface area contributed by atoms with E-state index < -0.39 is 0 Å². The third-order valence-electron chi connectivity index (χ3n) is 3.23. The molecule has 19 heavy (non-hydrogen) atoms. The van der Waals surface area contributed by atoms with Gasteiger partial charge in [-0.1, -0.05) is 0 Å². The van der Waals surface area contributed by atoms with Gasteiger partial charge in [-0.25, -0.2) is 0 Å². The van der Waals surface area contributed by atoms with Gasteiger partial charge in [0, 0.05) is 0 Å². The van der Waals surface area contributed by atoms with E-state index >= 15 is 0 Å². The molecule has 0 aromatic rings. The molecule has 2 atom stereocenters. The van der Waals surface area contributed by atoms with Crippen LogP contribution in [0.3, 0.4) is 0 Å². The van der Waals surface area contributed by atoms with Gasteiger partial charge in [-0.2, -0.15) is 0 Å². The van der Waals surface area contributed by atoms with Gasteiger partial charge in [0.1, 0.15) is 0 Å². The van der Waals surface area contributed by atoms with Crippen molar-refractivity contribution in [3.05, 3.63) is 0 Å². The second-order valence-electron chi connectivity index (χ2n) is 5.15. The molecule has 2 radical (unpaired) electrons. The first-order chi connectivity index (χ1) is 9.22. The molecule has 0 saturated carbocycles. The molecule has 0 spiro atoms. The van der Waals surface area contributed by atoms with Crippen LogP contribution in [0.5, 0.6) is 0 Å². The number of rotatable bonds is 13. The third kappa shape index (κ3) is 9.12. The summed E-state index contributed by atoms with van der Waals surface area (Å²) in [5.74, 6) is 0. The van der Waals surface area contributed by atoms with Crippen molar-refractivity contribution in [1.29, 1.82) is 0 Å². The van der Waals surface area contributed by atoms with Crippen molar-refractivity contribution in [1.82, 2.24) is 0 Å². The maximum absolute atomic E-state index is 5.95. The normalized spacial score (nSPS) is 23.5. The summed E-state index contributed by atoms with van der Waals surface area (Å²) in [7, 11) is 0. The molecule has 0 bridgehead atoms. The topological polar surface area (TPSA) is 21.8 Å². The summed E-state index contributed by atoms with van der Waals surface area (Å²) in [6, 6.07) is 0. The van der Waals surface area contributed by atoms with E-state index in [0.717, 1.165) is 13.0 Å². The third-order valence-corrected chi connectivity index (χ3v) is 9.12. The average molecular weight is 411 g/mol. The molecule has 112 valence electrons. The molecule has 2 nitrogen and oxygen atoms in total. The van der Waals surface area contributed by atoms with Gasteiger partial charge >= 0.3 is 139 Å². The van der Waals surface area contributed by atoms with Gasteiger partial charge < -0.3 is 0 Å². The summed E-state index contributed by atoms with van der Waals surface area (Å²) < 4.78 is 13.4. The number of hydrogen-bond acceptors (Lipinski definition) is 4. The molecule has 5 heteroatoms. The monoisotopic (exact) mass is 412 g/mol. The van der Waals surface area contributed by atoms with Gasteiger partial charge in [0.25, 0.3) is 0 Å². The second kappa shape index (κ2) is 11.0. The Bertz CT molecular complexity index is 225. The van der Waals surface area contributed by atoms with Crippen LogP contribution in [0.25, 0.3) is 0 Å². The molecule has 0 N–H and O–H groups in total. The minimum absolute atomic E-state index is 0.280. The van der Waals surface area contributed by atoms with Crippen LogP contribution in [-0.2, 0) is 8.92 Å².